The highest BCUT2D eigenvalue weighted by Gasteiger charge is 2.44. The van der Waals surface area contributed by atoms with Crippen molar-refractivity contribution in [2.45, 2.75) is 0 Å². The summed E-state index contributed by atoms with van der Waals surface area (Å²) in [7, 11) is 0. The minimum atomic E-state index is -0.0978. The second-order valence-electron chi connectivity index (χ2n) is 14.7. The van der Waals surface area contributed by atoms with E-state index in [4.69, 9.17) is 6.57 Å². The first-order valence-electron chi connectivity index (χ1n) is 19.1. The fraction of sp³-hybridized carbons (Fsp3) is 0. The van der Waals surface area contributed by atoms with Crippen LogP contribution in [0.15, 0.2) is 188 Å². The molecule has 0 amide bonds. The number of anilines is 6. The van der Waals surface area contributed by atoms with Gasteiger partial charge < -0.3 is 9.80 Å². The zero-order valence-electron chi connectivity index (χ0n) is 30.8. The highest BCUT2D eigenvalue weighted by molar-refractivity contribution is 7.00. The van der Waals surface area contributed by atoms with Gasteiger partial charge >= 0.3 is 0 Å². The van der Waals surface area contributed by atoms with Gasteiger partial charge in [0.25, 0.3) is 6.71 Å². The second kappa shape index (κ2) is 12.9. The molecule has 0 atom stereocenters. The molecule has 0 fully saturated rings. The summed E-state index contributed by atoms with van der Waals surface area (Å²) in [5.41, 5.74) is 14.2. The van der Waals surface area contributed by atoms with E-state index in [0.29, 0.717) is 16.8 Å². The van der Waals surface area contributed by atoms with Gasteiger partial charge in [0.15, 0.2) is 5.69 Å². The number of nitriles is 1. The molecule has 4 nitrogen and oxygen atoms in total. The second-order valence-corrected chi connectivity index (χ2v) is 14.7. The van der Waals surface area contributed by atoms with Gasteiger partial charge in [-0.1, -0.05) is 127 Å². The number of rotatable bonds is 4. The van der Waals surface area contributed by atoms with Crippen molar-refractivity contribution < 1.29 is 0 Å². The van der Waals surface area contributed by atoms with E-state index in [1.54, 1.807) is 0 Å². The summed E-state index contributed by atoms with van der Waals surface area (Å²) < 4.78 is 0. The van der Waals surface area contributed by atoms with Crippen LogP contribution in [-0.4, -0.2) is 6.71 Å². The maximum atomic E-state index is 10.8. The lowest BCUT2D eigenvalue weighted by atomic mass is 9.33. The van der Waals surface area contributed by atoms with Gasteiger partial charge in [0.2, 0.25) is 0 Å². The van der Waals surface area contributed by atoms with Crippen LogP contribution in [0.25, 0.3) is 48.6 Å². The number of hydrogen-bond acceptors (Lipinski definition) is 3. The molecule has 0 unspecified atom stereocenters. The van der Waals surface area contributed by atoms with Crippen LogP contribution in [0.3, 0.4) is 0 Å². The fourth-order valence-electron chi connectivity index (χ4n) is 9.13. The van der Waals surface area contributed by atoms with Gasteiger partial charge in [-0.2, -0.15) is 5.26 Å². The molecule has 262 valence electrons. The van der Waals surface area contributed by atoms with Crippen molar-refractivity contribution in [1.29, 1.82) is 5.26 Å². The van der Waals surface area contributed by atoms with E-state index in [0.717, 1.165) is 61.6 Å². The van der Waals surface area contributed by atoms with Crippen LogP contribution in [-0.2, 0) is 0 Å². The summed E-state index contributed by atoms with van der Waals surface area (Å²) in [4.78, 5) is 8.88. The van der Waals surface area contributed by atoms with Crippen molar-refractivity contribution in [3.63, 3.8) is 0 Å². The first-order valence-corrected chi connectivity index (χ1v) is 19.1. The van der Waals surface area contributed by atoms with E-state index in [9.17, 15) is 5.26 Å². The predicted molar refractivity (Wildman–Crippen MR) is 237 cm³/mol. The van der Waals surface area contributed by atoms with Crippen molar-refractivity contribution in [2.75, 3.05) is 9.80 Å². The van der Waals surface area contributed by atoms with Crippen LogP contribution in [0, 0.1) is 17.9 Å². The SMILES string of the molecule is [C-]#[N+]c1cc(-c2ccccc2)cc(C#N)c1-c1cc2c3c(c1)N(c1ccccc1)c1cc4ccccc4cc1B3c1cc3ccccc3cc1N2c1ccccc1. The molecule has 0 bridgehead atoms. The predicted octanol–water partition coefficient (Wildman–Crippen LogP) is 11.8. The number of para-hydroxylation sites is 2. The Morgan fingerprint density at radius 1 is 0.456 bits per heavy atom. The van der Waals surface area contributed by atoms with E-state index in [2.05, 4.69) is 166 Å². The van der Waals surface area contributed by atoms with Crippen molar-refractivity contribution in [3.05, 3.63) is 205 Å². The van der Waals surface area contributed by atoms with Crippen LogP contribution in [0.5, 0.6) is 0 Å². The number of fused-ring (bicyclic) bond motifs is 6. The monoisotopic (exact) mass is 722 g/mol. The summed E-state index contributed by atoms with van der Waals surface area (Å²) in [6.45, 7) is 8.39. The summed E-state index contributed by atoms with van der Waals surface area (Å²) in [6.07, 6.45) is 0. The van der Waals surface area contributed by atoms with Gasteiger partial charge in [-0.25, -0.2) is 4.85 Å². The van der Waals surface area contributed by atoms with Crippen LogP contribution in [0.1, 0.15) is 5.56 Å². The maximum absolute atomic E-state index is 10.8. The maximum Gasteiger partial charge on any atom is 0.252 e. The highest BCUT2D eigenvalue weighted by atomic mass is 15.2. The molecule has 57 heavy (non-hydrogen) atoms. The largest absolute Gasteiger partial charge is 0.311 e. The lowest BCUT2D eigenvalue weighted by Crippen LogP contribution is -2.61. The molecule has 0 saturated carbocycles. The first-order chi connectivity index (χ1) is 28.2. The molecule has 2 heterocycles. The van der Waals surface area contributed by atoms with Crippen LogP contribution >= 0.6 is 0 Å². The first kappa shape index (κ1) is 32.6. The Bertz CT molecular complexity index is 2980. The van der Waals surface area contributed by atoms with Crippen molar-refractivity contribution in [2.24, 2.45) is 0 Å². The third kappa shape index (κ3) is 5.07. The zero-order valence-corrected chi connectivity index (χ0v) is 30.8. The minimum absolute atomic E-state index is 0.0978. The van der Waals surface area contributed by atoms with Gasteiger partial charge in [0, 0.05) is 45.3 Å². The van der Waals surface area contributed by atoms with Crippen LogP contribution in [0.2, 0.25) is 0 Å². The Hall–Kier alpha value is -7.86. The summed E-state index contributed by atoms with van der Waals surface area (Å²) in [5, 5.41) is 15.5. The molecule has 0 spiro atoms. The molecule has 0 saturated heterocycles. The highest BCUT2D eigenvalue weighted by Crippen LogP contribution is 2.49. The molecule has 2 aliphatic rings. The van der Waals surface area contributed by atoms with E-state index in [1.807, 2.05) is 42.5 Å². The van der Waals surface area contributed by atoms with Gasteiger partial charge in [0.05, 0.1) is 12.6 Å². The number of benzene rings is 9. The van der Waals surface area contributed by atoms with Crippen LogP contribution < -0.4 is 26.2 Å². The third-order valence-corrected chi connectivity index (χ3v) is 11.6. The van der Waals surface area contributed by atoms with Gasteiger partial charge in [-0.15, -0.1) is 0 Å². The molecule has 9 aromatic rings. The Morgan fingerprint density at radius 2 is 0.912 bits per heavy atom. The fourth-order valence-corrected chi connectivity index (χ4v) is 9.13. The molecular formula is C52H31BN4. The molecule has 0 N–H and O–H groups in total. The van der Waals surface area contributed by atoms with Gasteiger partial charge in [-0.05, 0) is 115 Å². The Kier molecular flexibility index (Phi) is 7.36. The topological polar surface area (TPSA) is 34.6 Å². The lowest BCUT2D eigenvalue weighted by molar-refractivity contribution is 1.26. The average Bonchev–Trinajstić information content (AvgIpc) is 3.28. The van der Waals surface area contributed by atoms with Gasteiger partial charge in [-0.3, -0.25) is 0 Å². The molecule has 5 heteroatoms. The molecule has 0 radical (unpaired) electrons. The Labute approximate surface area is 331 Å². The summed E-state index contributed by atoms with van der Waals surface area (Å²) >= 11 is 0. The molecule has 0 aromatic heterocycles. The standard InChI is InChI=1S/C52H31BN4/c1-55-46-28-39(34-15-5-2-6-16-34)25-41(33-54)51(46)40-31-49-52-50(32-40)57(43-23-9-4-10-24-43)48-30-38-20-14-12-18-36(38)27-45(48)53(52)44-26-35-17-11-13-19-37(35)29-47(44)56(49)42-21-7-3-8-22-42/h2-32H. The normalized spacial score (nSPS) is 12.4. The van der Waals surface area contributed by atoms with E-state index in [1.165, 1.54) is 27.2 Å². The van der Waals surface area contributed by atoms with Crippen molar-refractivity contribution in [3.8, 4) is 28.3 Å². The molecule has 11 rings (SSSR count). The smallest absolute Gasteiger partial charge is 0.252 e. The third-order valence-electron chi connectivity index (χ3n) is 11.6. The lowest BCUT2D eigenvalue weighted by Gasteiger charge is -2.44. The quantitative estimate of drug-likeness (QED) is 0.134. The van der Waals surface area contributed by atoms with Crippen molar-refractivity contribution in [1.82, 2.24) is 0 Å². The zero-order chi connectivity index (χ0) is 38.0. The number of nitrogens with zero attached hydrogens (tertiary/aromatic N) is 4. The summed E-state index contributed by atoms with van der Waals surface area (Å²) in [5.74, 6) is 0. The Balaban J connectivity index is 1.29. The molecule has 0 aliphatic carbocycles. The number of hydrogen-bond donors (Lipinski definition) is 0. The molecule has 2 aliphatic heterocycles. The minimum Gasteiger partial charge on any atom is -0.311 e. The summed E-state index contributed by atoms with van der Waals surface area (Å²) in [6, 6.07) is 68.5. The van der Waals surface area contributed by atoms with Crippen molar-refractivity contribution >= 4 is 84.5 Å². The Morgan fingerprint density at radius 3 is 1.39 bits per heavy atom. The molecule has 9 aromatic carbocycles. The van der Waals surface area contributed by atoms with E-state index >= 15 is 0 Å². The molecular weight excluding hydrogens is 691 g/mol. The van der Waals surface area contributed by atoms with E-state index in [-0.39, 0.29) is 6.71 Å². The van der Waals surface area contributed by atoms with Gasteiger partial charge in [0.1, 0.15) is 0 Å². The van der Waals surface area contributed by atoms with E-state index < -0.39 is 0 Å². The average molecular weight is 723 g/mol. The van der Waals surface area contributed by atoms with Crippen LogP contribution in [0.4, 0.5) is 39.8 Å².